The summed E-state index contributed by atoms with van der Waals surface area (Å²) in [5, 5.41) is 6.74. The van der Waals surface area contributed by atoms with Gasteiger partial charge in [-0.15, -0.1) is 0 Å². The lowest BCUT2D eigenvalue weighted by molar-refractivity contribution is -0.0284. The third-order valence-electron chi connectivity index (χ3n) is 4.59. The first kappa shape index (κ1) is 23.4. The largest absolute Gasteiger partial charge is 0.491 e. The van der Waals surface area contributed by atoms with E-state index in [9.17, 15) is 0 Å². The van der Waals surface area contributed by atoms with Crippen molar-refractivity contribution in [1.82, 2.24) is 15.5 Å². The van der Waals surface area contributed by atoms with Crippen LogP contribution in [0.15, 0.2) is 29.3 Å². The SMILES string of the molecule is CCNC(=NCc1ccc(OCCOC)cc1)NCC1CN(CC(C)C)CCO1. The average molecular weight is 407 g/mol. The van der Waals surface area contributed by atoms with E-state index in [0.29, 0.717) is 25.7 Å². The molecule has 1 aromatic rings. The van der Waals surface area contributed by atoms with Gasteiger partial charge in [-0.2, -0.15) is 0 Å². The zero-order valence-electron chi connectivity index (χ0n) is 18.4. The lowest BCUT2D eigenvalue weighted by atomic mass is 10.2. The minimum Gasteiger partial charge on any atom is -0.491 e. The fraction of sp³-hybridized carbons (Fsp3) is 0.682. The predicted octanol–water partition coefficient (Wildman–Crippen LogP) is 2.12. The minimum atomic E-state index is 0.190. The Bertz CT molecular complexity index is 592. The van der Waals surface area contributed by atoms with Crippen LogP contribution in [0.25, 0.3) is 0 Å². The molecule has 0 saturated carbocycles. The van der Waals surface area contributed by atoms with Crippen LogP contribution in [0.2, 0.25) is 0 Å². The molecular weight excluding hydrogens is 368 g/mol. The van der Waals surface area contributed by atoms with E-state index in [4.69, 9.17) is 19.2 Å². The molecular formula is C22H38N4O3. The average Bonchev–Trinajstić information content (AvgIpc) is 2.71. The molecule has 2 rings (SSSR count). The van der Waals surface area contributed by atoms with Gasteiger partial charge < -0.3 is 24.8 Å². The number of morpholine rings is 1. The molecule has 1 fully saturated rings. The van der Waals surface area contributed by atoms with E-state index in [1.807, 2.05) is 24.3 Å². The molecule has 1 aliphatic heterocycles. The summed E-state index contributed by atoms with van der Waals surface area (Å²) < 4.78 is 16.5. The minimum absolute atomic E-state index is 0.190. The first-order valence-electron chi connectivity index (χ1n) is 10.7. The molecule has 1 atom stereocenters. The number of nitrogens with zero attached hydrogens (tertiary/aromatic N) is 2. The van der Waals surface area contributed by atoms with Gasteiger partial charge in [0.05, 0.1) is 25.9 Å². The van der Waals surface area contributed by atoms with Gasteiger partial charge in [0.1, 0.15) is 12.4 Å². The summed E-state index contributed by atoms with van der Waals surface area (Å²) in [6.07, 6.45) is 0.190. The molecule has 1 saturated heterocycles. The van der Waals surface area contributed by atoms with Crippen LogP contribution in [-0.2, 0) is 16.0 Å². The number of benzene rings is 1. The second-order valence-corrected chi connectivity index (χ2v) is 7.71. The van der Waals surface area contributed by atoms with E-state index in [1.54, 1.807) is 7.11 Å². The van der Waals surface area contributed by atoms with Crippen LogP contribution in [0.3, 0.4) is 0 Å². The van der Waals surface area contributed by atoms with Gasteiger partial charge in [0.2, 0.25) is 0 Å². The van der Waals surface area contributed by atoms with Crippen molar-refractivity contribution in [3.05, 3.63) is 29.8 Å². The Labute approximate surface area is 175 Å². The van der Waals surface area contributed by atoms with Crippen molar-refractivity contribution in [1.29, 1.82) is 0 Å². The Morgan fingerprint density at radius 2 is 2.03 bits per heavy atom. The van der Waals surface area contributed by atoms with Crippen LogP contribution in [0.4, 0.5) is 0 Å². The third kappa shape index (κ3) is 9.47. The molecule has 29 heavy (non-hydrogen) atoms. The number of hydrogen-bond donors (Lipinski definition) is 2. The third-order valence-corrected chi connectivity index (χ3v) is 4.59. The second-order valence-electron chi connectivity index (χ2n) is 7.71. The Morgan fingerprint density at radius 1 is 1.24 bits per heavy atom. The maximum atomic E-state index is 5.92. The molecule has 164 valence electrons. The van der Waals surface area contributed by atoms with Crippen molar-refractivity contribution < 1.29 is 14.2 Å². The Kier molecular flexibility index (Phi) is 10.8. The number of methoxy groups -OCH3 is 1. The summed E-state index contributed by atoms with van der Waals surface area (Å²) in [5.74, 6) is 2.34. The Hall–Kier alpha value is -1.83. The number of guanidine groups is 1. The summed E-state index contributed by atoms with van der Waals surface area (Å²) >= 11 is 0. The van der Waals surface area contributed by atoms with Crippen molar-refractivity contribution in [2.24, 2.45) is 10.9 Å². The quantitative estimate of drug-likeness (QED) is 0.333. The lowest BCUT2D eigenvalue weighted by Crippen LogP contribution is -2.50. The molecule has 0 spiro atoms. The smallest absolute Gasteiger partial charge is 0.191 e. The lowest BCUT2D eigenvalue weighted by Gasteiger charge is -2.34. The first-order valence-corrected chi connectivity index (χ1v) is 10.7. The number of aliphatic imine (C=N–C) groups is 1. The van der Waals surface area contributed by atoms with Crippen LogP contribution in [0.5, 0.6) is 5.75 Å². The standard InChI is InChI=1S/C22H38N4O3/c1-5-23-22(25-15-21-17-26(10-11-28-21)16-18(2)3)24-14-19-6-8-20(9-7-19)29-13-12-27-4/h6-9,18,21H,5,10-17H2,1-4H3,(H2,23,24,25). The highest BCUT2D eigenvalue weighted by molar-refractivity contribution is 5.79. The zero-order chi connectivity index (χ0) is 20.9. The molecule has 1 unspecified atom stereocenters. The molecule has 1 aromatic carbocycles. The molecule has 7 heteroatoms. The number of nitrogens with one attached hydrogen (secondary N) is 2. The maximum absolute atomic E-state index is 5.92. The van der Waals surface area contributed by atoms with Crippen LogP contribution in [0, 0.1) is 5.92 Å². The summed E-state index contributed by atoms with van der Waals surface area (Å²) in [7, 11) is 1.67. The van der Waals surface area contributed by atoms with Crippen LogP contribution in [-0.4, -0.2) is 76.6 Å². The summed E-state index contributed by atoms with van der Waals surface area (Å²) in [5.41, 5.74) is 1.14. The molecule has 0 bridgehead atoms. The van der Waals surface area contributed by atoms with Gasteiger partial charge in [0.15, 0.2) is 5.96 Å². The molecule has 0 radical (unpaired) electrons. The molecule has 0 aliphatic carbocycles. The highest BCUT2D eigenvalue weighted by atomic mass is 16.5. The normalized spacial score (nSPS) is 18.1. The van der Waals surface area contributed by atoms with Crippen molar-refractivity contribution >= 4 is 5.96 Å². The van der Waals surface area contributed by atoms with E-state index >= 15 is 0 Å². The molecule has 0 amide bonds. The van der Waals surface area contributed by atoms with Crippen LogP contribution in [0.1, 0.15) is 26.3 Å². The van der Waals surface area contributed by atoms with Gasteiger partial charge in [-0.25, -0.2) is 4.99 Å². The highest BCUT2D eigenvalue weighted by Crippen LogP contribution is 2.13. The van der Waals surface area contributed by atoms with Gasteiger partial charge in [0.25, 0.3) is 0 Å². The monoisotopic (exact) mass is 406 g/mol. The number of rotatable bonds is 11. The van der Waals surface area contributed by atoms with Crippen molar-refractivity contribution in [3.63, 3.8) is 0 Å². The molecule has 2 N–H and O–H groups in total. The predicted molar refractivity (Wildman–Crippen MR) is 118 cm³/mol. The Balaban J connectivity index is 1.81. The van der Waals surface area contributed by atoms with E-state index in [2.05, 4.69) is 36.3 Å². The fourth-order valence-electron chi connectivity index (χ4n) is 3.24. The fourth-order valence-corrected chi connectivity index (χ4v) is 3.24. The van der Waals surface area contributed by atoms with Crippen molar-refractivity contribution in [2.45, 2.75) is 33.4 Å². The summed E-state index contributed by atoms with van der Waals surface area (Å²) in [6.45, 7) is 13.8. The highest BCUT2D eigenvalue weighted by Gasteiger charge is 2.21. The van der Waals surface area contributed by atoms with Gasteiger partial charge >= 0.3 is 0 Å². The van der Waals surface area contributed by atoms with Gasteiger partial charge in [0, 0.05) is 39.8 Å². The van der Waals surface area contributed by atoms with Crippen molar-refractivity contribution in [2.75, 3.05) is 59.7 Å². The van der Waals surface area contributed by atoms with Gasteiger partial charge in [-0.05, 0) is 30.5 Å². The molecule has 7 nitrogen and oxygen atoms in total. The topological polar surface area (TPSA) is 67.4 Å². The second kappa shape index (κ2) is 13.4. The zero-order valence-corrected chi connectivity index (χ0v) is 18.4. The molecule has 0 aromatic heterocycles. The maximum Gasteiger partial charge on any atom is 0.191 e. The molecule has 1 aliphatic rings. The van der Waals surface area contributed by atoms with Crippen LogP contribution >= 0.6 is 0 Å². The van der Waals surface area contributed by atoms with E-state index in [1.165, 1.54) is 0 Å². The number of ether oxygens (including phenoxy) is 3. The van der Waals surface area contributed by atoms with E-state index in [0.717, 1.165) is 56.6 Å². The number of hydrogen-bond acceptors (Lipinski definition) is 5. The summed E-state index contributed by atoms with van der Waals surface area (Å²) in [6, 6.07) is 8.03. The van der Waals surface area contributed by atoms with Gasteiger partial charge in [-0.1, -0.05) is 26.0 Å². The van der Waals surface area contributed by atoms with E-state index in [-0.39, 0.29) is 6.10 Å². The van der Waals surface area contributed by atoms with Gasteiger partial charge in [-0.3, -0.25) is 4.90 Å². The molecule has 1 heterocycles. The first-order chi connectivity index (χ1) is 14.1. The summed E-state index contributed by atoms with van der Waals surface area (Å²) in [4.78, 5) is 7.19. The van der Waals surface area contributed by atoms with Crippen LogP contribution < -0.4 is 15.4 Å². The van der Waals surface area contributed by atoms with E-state index < -0.39 is 0 Å². The Morgan fingerprint density at radius 3 is 2.72 bits per heavy atom. The van der Waals surface area contributed by atoms with Crippen molar-refractivity contribution in [3.8, 4) is 5.75 Å².